The monoisotopic (exact) mass is 548 g/mol. The smallest absolute Gasteiger partial charge is 0.455 e. The minimum absolute atomic E-state index is 0.139. The highest BCUT2D eigenvalue weighted by molar-refractivity contribution is 7.92. The first-order valence-corrected chi connectivity index (χ1v) is 14.4. The van der Waals surface area contributed by atoms with Gasteiger partial charge in [0, 0.05) is 24.1 Å². The molecule has 1 aromatic heterocycles. The first-order valence-electron chi connectivity index (χ1n) is 12.7. The number of carbonyl (C=O) groups excluding carboxylic acids is 1. The summed E-state index contributed by atoms with van der Waals surface area (Å²) in [6.45, 7) is 0.293. The molecule has 3 N–H and O–H groups in total. The molecule has 6 rings (SSSR count). The standard InChI is InChI=1S/C28H26BFN2O6S/c1-31-28(33)26-22-13-21(17-3-4-17)24(14-25(22)38-27(26)18-5-7-20(30)8-6-18)32-39(35,36)11-10-16-2-9-23-19(12-16)15-37-29(23)34/h2,5-9,12-14,17,32,34H,3-4,10-11,15H2,1H3,(H,31,33). The van der Waals surface area contributed by atoms with Gasteiger partial charge in [0.25, 0.3) is 5.91 Å². The van der Waals surface area contributed by atoms with Crippen molar-refractivity contribution in [2.24, 2.45) is 0 Å². The van der Waals surface area contributed by atoms with Crippen LogP contribution in [-0.2, 0) is 27.7 Å². The molecule has 1 saturated carbocycles. The highest BCUT2D eigenvalue weighted by Crippen LogP contribution is 2.46. The Bertz CT molecular complexity index is 1700. The number of sulfonamides is 1. The van der Waals surface area contributed by atoms with Crippen LogP contribution in [0.15, 0.2) is 59.0 Å². The maximum atomic E-state index is 13.5. The SMILES string of the molecule is CNC(=O)c1c(-c2ccc(F)cc2)oc2cc(NS(=O)(=O)CCc3ccc4c(c3)COB4O)c(C3CC3)cc12. The van der Waals surface area contributed by atoms with Crippen molar-refractivity contribution in [3.8, 4) is 11.3 Å². The lowest BCUT2D eigenvalue weighted by molar-refractivity contribution is 0.0964. The number of amides is 1. The van der Waals surface area contributed by atoms with Crippen LogP contribution >= 0.6 is 0 Å². The molecule has 2 aliphatic rings. The van der Waals surface area contributed by atoms with E-state index in [2.05, 4.69) is 10.0 Å². The van der Waals surface area contributed by atoms with Crippen molar-refractivity contribution in [2.45, 2.75) is 31.8 Å². The summed E-state index contributed by atoms with van der Waals surface area (Å²) >= 11 is 0. The third-order valence-corrected chi connectivity index (χ3v) is 8.51. The Morgan fingerprint density at radius 1 is 1.13 bits per heavy atom. The molecular formula is C28H26BFN2O6S. The molecule has 4 aromatic rings. The number of halogens is 1. The van der Waals surface area contributed by atoms with E-state index in [9.17, 15) is 22.6 Å². The lowest BCUT2D eigenvalue weighted by Crippen LogP contribution is -2.28. The largest absolute Gasteiger partial charge is 0.491 e. The second-order valence-electron chi connectivity index (χ2n) is 9.97. The van der Waals surface area contributed by atoms with Crippen molar-refractivity contribution in [2.75, 3.05) is 17.5 Å². The Morgan fingerprint density at radius 3 is 2.62 bits per heavy atom. The molecule has 200 valence electrons. The van der Waals surface area contributed by atoms with Gasteiger partial charge in [-0.25, -0.2) is 12.8 Å². The molecule has 1 fully saturated rings. The van der Waals surface area contributed by atoms with E-state index < -0.39 is 23.0 Å². The molecule has 11 heteroatoms. The summed E-state index contributed by atoms with van der Waals surface area (Å²) in [6.07, 6.45) is 2.12. The number of nitrogens with one attached hydrogen (secondary N) is 2. The summed E-state index contributed by atoms with van der Waals surface area (Å²) in [7, 11) is -3.15. The van der Waals surface area contributed by atoms with Crippen LogP contribution in [0.2, 0.25) is 0 Å². The van der Waals surface area contributed by atoms with Crippen LogP contribution in [0.1, 0.15) is 45.8 Å². The summed E-state index contributed by atoms with van der Waals surface area (Å²) in [5, 5.41) is 13.0. The topological polar surface area (TPSA) is 118 Å². The van der Waals surface area contributed by atoms with Gasteiger partial charge in [-0.05, 0) is 77.7 Å². The van der Waals surface area contributed by atoms with Crippen molar-refractivity contribution in [3.05, 3.63) is 82.7 Å². The van der Waals surface area contributed by atoms with E-state index in [0.717, 1.165) is 29.5 Å². The number of benzene rings is 3. The number of furan rings is 1. The van der Waals surface area contributed by atoms with E-state index in [4.69, 9.17) is 9.07 Å². The second-order valence-corrected chi connectivity index (χ2v) is 11.8. The molecule has 0 saturated heterocycles. The average Bonchev–Trinajstić information content (AvgIpc) is 3.61. The molecule has 0 radical (unpaired) electrons. The van der Waals surface area contributed by atoms with Crippen LogP contribution in [-0.4, -0.2) is 39.3 Å². The molecule has 1 amide bonds. The predicted molar refractivity (Wildman–Crippen MR) is 147 cm³/mol. The lowest BCUT2D eigenvalue weighted by atomic mass is 9.79. The third-order valence-electron chi connectivity index (χ3n) is 7.23. The van der Waals surface area contributed by atoms with Crippen molar-refractivity contribution in [1.82, 2.24) is 5.32 Å². The Balaban J connectivity index is 1.32. The van der Waals surface area contributed by atoms with Crippen LogP contribution in [0.3, 0.4) is 0 Å². The van der Waals surface area contributed by atoms with Gasteiger partial charge in [-0.3, -0.25) is 9.52 Å². The molecule has 3 aromatic carbocycles. The molecular weight excluding hydrogens is 522 g/mol. The number of hydrogen-bond acceptors (Lipinski definition) is 6. The molecule has 0 atom stereocenters. The molecule has 1 aliphatic carbocycles. The summed E-state index contributed by atoms with van der Waals surface area (Å²) in [6, 6.07) is 14.6. The molecule has 0 spiro atoms. The van der Waals surface area contributed by atoms with Crippen molar-refractivity contribution >= 4 is 45.2 Å². The van der Waals surface area contributed by atoms with Crippen molar-refractivity contribution < 1.29 is 31.7 Å². The van der Waals surface area contributed by atoms with Crippen molar-refractivity contribution in [3.63, 3.8) is 0 Å². The predicted octanol–water partition coefficient (Wildman–Crippen LogP) is 3.68. The molecule has 0 bridgehead atoms. The van der Waals surface area contributed by atoms with Crippen LogP contribution in [0.4, 0.5) is 10.1 Å². The van der Waals surface area contributed by atoms with E-state index in [0.29, 0.717) is 39.9 Å². The van der Waals surface area contributed by atoms with Gasteiger partial charge in [0.1, 0.15) is 17.2 Å². The van der Waals surface area contributed by atoms with Gasteiger partial charge in [-0.1, -0.05) is 18.2 Å². The van der Waals surface area contributed by atoms with Crippen LogP contribution in [0, 0.1) is 5.82 Å². The van der Waals surface area contributed by atoms with E-state index in [-0.39, 0.29) is 29.8 Å². The quantitative estimate of drug-likeness (QED) is 0.289. The Hall–Kier alpha value is -3.67. The van der Waals surface area contributed by atoms with Gasteiger partial charge < -0.3 is 19.4 Å². The van der Waals surface area contributed by atoms with Gasteiger partial charge in [-0.2, -0.15) is 0 Å². The van der Waals surface area contributed by atoms with Gasteiger partial charge in [0.2, 0.25) is 10.0 Å². The number of hydrogen-bond donors (Lipinski definition) is 3. The summed E-state index contributed by atoms with van der Waals surface area (Å²) < 4.78 is 53.9. The fourth-order valence-electron chi connectivity index (χ4n) is 5.04. The summed E-state index contributed by atoms with van der Waals surface area (Å²) in [5.41, 5.74) is 4.84. The molecule has 39 heavy (non-hydrogen) atoms. The van der Waals surface area contributed by atoms with Gasteiger partial charge in [0.15, 0.2) is 0 Å². The Labute approximate surface area is 225 Å². The minimum atomic E-state index is -3.73. The lowest BCUT2D eigenvalue weighted by Gasteiger charge is -2.13. The number of aryl methyl sites for hydroxylation is 1. The van der Waals surface area contributed by atoms with Crippen LogP contribution in [0.25, 0.3) is 22.3 Å². The maximum Gasteiger partial charge on any atom is 0.491 e. The zero-order chi connectivity index (χ0) is 27.3. The molecule has 2 heterocycles. The first kappa shape index (κ1) is 25.6. The van der Waals surface area contributed by atoms with E-state index in [1.54, 1.807) is 18.2 Å². The van der Waals surface area contributed by atoms with Gasteiger partial charge >= 0.3 is 7.12 Å². The number of anilines is 1. The third kappa shape index (κ3) is 5.05. The highest BCUT2D eigenvalue weighted by Gasteiger charge is 2.31. The molecule has 8 nitrogen and oxygen atoms in total. The second kappa shape index (κ2) is 9.82. The minimum Gasteiger partial charge on any atom is -0.455 e. The first-order chi connectivity index (χ1) is 18.7. The number of fused-ring (bicyclic) bond motifs is 2. The van der Waals surface area contributed by atoms with Crippen LogP contribution < -0.4 is 15.5 Å². The summed E-state index contributed by atoms with van der Waals surface area (Å²) in [5.74, 6) is -0.432. The zero-order valence-electron chi connectivity index (χ0n) is 21.2. The Kier molecular flexibility index (Phi) is 6.45. The van der Waals surface area contributed by atoms with Gasteiger partial charge in [0.05, 0.1) is 23.6 Å². The fourth-order valence-corrected chi connectivity index (χ4v) is 6.16. The zero-order valence-corrected chi connectivity index (χ0v) is 22.0. The maximum absolute atomic E-state index is 13.5. The number of rotatable bonds is 8. The summed E-state index contributed by atoms with van der Waals surface area (Å²) in [4.78, 5) is 12.9. The normalized spacial score (nSPS) is 15.0. The van der Waals surface area contributed by atoms with E-state index in [1.165, 1.54) is 31.3 Å². The van der Waals surface area contributed by atoms with E-state index >= 15 is 0 Å². The van der Waals surface area contributed by atoms with Crippen LogP contribution in [0.5, 0.6) is 0 Å². The Morgan fingerprint density at radius 2 is 1.90 bits per heavy atom. The molecule has 0 unspecified atom stereocenters. The molecule has 1 aliphatic heterocycles. The highest BCUT2D eigenvalue weighted by atomic mass is 32.2. The fraction of sp³-hybridized carbons (Fsp3) is 0.250. The van der Waals surface area contributed by atoms with E-state index in [1.807, 2.05) is 12.1 Å². The van der Waals surface area contributed by atoms with Gasteiger partial charge in [-0.15, -0.1) is 0 Å². The van der Waals surface area contributed by atoms with Crippen molar-refractivity contribution in [1.29, 1.82) is 0 Å². The number of carbonyl (C=O) groups is 1. The average molecular weight is 548 g/mol.